The van der Waals surface area contributed by atoms with Gasteiger partial charge in [-0.05, 0) is 41.8 Å². The number of nitrogens with zero attached hydrogens (tertiary/aromatic N) is 4. The van der Waals surface area contributed by atoms with Crippen LogP contribution in [0.1, 0.15) is 27.0 Å². The Labute approximate surface area is 219 Å². The fourth-order valence-electron chi connectivity index (χ4n) is 3.34. The molecule has 0 aromatic heterocycles. The maximum Gasteiger partial charge on any atom is 0.269 e. The third-order valence-corrected chi connectivity index (χ3v) is 5.38. The topological polar surface area (TPSA) is 190 Å². The Hall–Kier alpha value is -5.85. The molecule has 13 nitrogen and oxygen atoms in total. The van der Waals surface area contributed by atoms with E-state index in [9.17, 15) is 45.3 Å². The molecular formula is C26H18N4O9. The third-order valence-electron chi connectivity index (χ3n) is 5.38. The van der Waals surface area contributed by atoms with Crippen LogP contribution >= 0.6 is 0 Å². The van der Waals surface area contributed by atoms with E-state index in [-0.39, 0.29) is 39.7 Å². The number of benzene rings is 4. The van der Waals surface area contributed by atoms with Gasteiger partial charge < -0.3 is 0 Å². The Morgan fingerprint density at radius 3 is 0.897 bits per heavy atom. The minimum absolute atomic E-state index is 0.0486. The van der Waals surface area contributed by atoms with E-state index >= 15 is 0 Å². The van der Waals surface area contributed by atoms with E-state index in [4.69, 9.17) is 0 Å². The predicted octanol–water partition coefficient (Wildman–Crippen LogP) is 5.83. The van der Waals surface area contributed by atoms with Crippen LogP contribution < -0.4 is 0 Å². The number of rotatable bonds is 8. The number of hydrogen-bond donors (Lipinski definition) is 0. The van der Waals surface area contributed by atoms with Gasteiger partial charge in [-0.1, -0.05) is 24.3 Å². The second-order valence-electron chi connectivity index (χ2n) is 7.96. The van der Waals surface area contributed by atoms with Crippen molar-refractivity contribution < 1.29 is 24.5 Å². The number of carbonyl (C=O) groups excluding carboxylic acids is 1. The first-order valence-electron chi connectivity index (χ1n) is 11.1. The van der Waals surface area contributed by atoms with Crippen molar-refractivity contribution in [2.24, 2.45) is 0 Å². The second-order valence-corrected chi connectivity index (χ2v) is 7.96. The van der Waals surface area contributed by atoms with Gasteiger partial charge in [0.1, 0.15) is 0 Å². The summed E-state index contributed by atoms with van der Waals surface area (Å²) in [5.41, 5.74) is 2.28. The fourth-order valence-corrected chi connectivity index (χ4v) is 3.34. The van der Waals surface area contributed by atoms with Crippen molar-refractivity contribution in [2.45, 2.75) is 6.42 Å². The molecule has 39 heavy (non-hydrogen) atoms. The van der Waals surface area contributed by atoms with Crippen LogP contribution in [0.4, 0.5) is 22.7 Å². The van der Waals surface area contributed by atoms with Crippen molar-refractivity contribution in [3.63, 3.8) is 0 Å². The summed E-state index contributed by atoms with van der Waals surface area (Å²) in [5, 5.41) is 42.0. The van der Waals surface area contributed by atoms with Crippen molar-refractivity contribution in [3.8, 4) is 0 Å². The highest BCUT2D eigenvalue weighted by molar-refractivity contribution is 6.09. The molecule has 0 fully saturated rings. The van der Waals surface area contributed by atoms with Gasteiger partial charge in [-0.2, -0.15) is 0 Å². The maximum atomic E-state index is 12.1. The third kappa shape index (κ3) is 7.57. The molecule has 0 saturated heterocycles. The van der Waals surface area contributed by atoms with Crippen molar-refractivity contribution in [3.05, 3.63) is 160 Å². The first-order valence-corrected chi connectivity index (χ1v) is 11.1. The lowest BCUT2D eigenvalue weighted by molar-refractivity contribution is -0.385. The van der Waals surface area contributed by atoms with E-state index in [1.54, 1.807) is 24.3 Å². The molecule has 0 atom stereocenters. The molecule has 0 unspecified atom stereocenters. The van der Waals surface area contributed by atoms with Crippen molar-refractivity contribution in [1.82, 2.24) is 0 Å². The van der Waals surface area contributed by atoms with Crippen molar-refractivity contribution >= 4 is 28.5 Å². The molecule has 4 rings (SSSR count). The van der Waals surface area contributed by atoms with E-state index < -0.39 is 19.7 Å². The molecule has 0 saturated carbocycles. The SMILES string of the molecule is O=C(c1ccc([N+](=O)[O-])cc1)c1ccc([N+](=O)[O-])cc1.O=[N+]([O-])c1ccc(Cc2ccc([N+](=O)[O-])cc2)cc1. The van der Waals surface area contributed by atoms with E-state index in [0.717, 1.165) is 11.1 Å². The molecule has 4 aromatic carbocycles. The van der Waals surface area contributed by atoms with Gasteiger partial charge in [0.2, 0.25) is 0 Å². The van der Waals surface area contributed by atoms with Gasteiger partial charge in [-0.25, -0.2) is 0 Å². The van der Waals surface area contributed by atoms with Crippen LogP contribution in [-0.4, -0.2) is 25.5 Å². The van der Waals surface area contributed by atoms with Crippen LogP contribution in [-0.2, 0) is 6.42 Å². The Morgan fingerprint density at radius 1 is 0.436 bits per heavy atom. The zero-order valence-electron chi connectivity index (χ0n) is 19.9. The van der Waals surface area contributed by atoms with Crippen LogP contribution in [0.25, 0.3) is 0 Å². The van der Waals surface area contributed by atoms with Crippen LogP contribution in [0.5, 0.6) is 0 Å². The molecule has 0 heterocycles. The summed E-state index contributed by atoms with van der Waals surface area (Å²) in [5.74, 6) is -0.352. The minimum atomic E-state index is -0.555. The molecule has 0 bridgehead atoms. The fraction of sp³-hybridized carbons (Fsp3) is 0.0385. The van der Waals surface area contributed by atoms with Gasteiger partial charge in [0, 0.05) is 59.7 Å². The van der Waals surface area contributed by atoms with Gasteiger partial charge in [0.15, 0.2) is 5.78 Å². The van der Waals surface area contributed by atoms with Gasteiger partial charge in [0.05, 0.1) is 19.7 Å². The standard InChI is InChI=1S/C13H8N2O5.C13H10N2O4/c16-13(9-1-5-11(6-2-9)14(17)18)10-3-7-12(8-4-10)15(19)20;16-14(17)12-5-1-10(2-6-12)9-11-3-7-13(8-4-11)15(18)19/h1-8H;1-8H,9H2. The number of nitro groups is 4. The number of carbonyl (C=O) groups is 1. The van der Waals surface area contributed by atoms with Crippen LogP contribution in [0.2, 0.25) is 0 Å². The normalized spacial score (nSPS) is 10.1. The van der Waals surface area contributed by atoms with Crippen molar-refractivity contribution in [2.75, 3.05) is 0 Å². The molecule has 13 heteroatoms. The second kappa shape index (κ2) is 12.4. The Bertz CT molecular complexity index is 1400. The lowest BCUT2D eigenvalue weighted by atomic mass is 10.0. The highest BCUT2D eigenvalue weighted by Gasteiger charge is 2.13. The van der Waals surface area contributed by atoms with Gasteiger partial charge in [0.25, 0.3) is 22.7 Å². The zero-order chi connectivity index (χ0) is 28.5. The van der Waals surface area contributed by atoms with Crippen LogP contribution in [0.3, 0.4) is 0 Å². The molecule has 0 amide bonds. The van der Waals surface area contributed by atoms with Gasteiger partial charge in [-0.15, -0.1) is 0 Å². The highest BCUT2D eigenvalue weighted by Crippen LogP contribution is 2.19. The van der Waals surface area contributed by atoms with E-state index in [1.165, 1.54) is 72.8 Å². The summed E-state index contributed by atoms with van der Waals surface area (Å²) in [7, 11) is 0. The molecule has 0 radical (unpaired) electrons. The Morgan fingerprint density at radius 2 is 0.667 bits per heavy atom. The summed E-state index contributed by atoms with van der Waals surface area (Å²) in [6.07, 6.45) is 0.579. The lowest BCUT2D eigenvalue weighted by Crippen LogP contribution is -2.01. The van der Waals surface area contributed by atoms with Crippen molar-refractivity contribution in [1.29, 1.82) is 0 Å². The summed E-state index contributed by atoms with van der Waals surface area (Å²) in [6.45, 7) is 0. The molecule has 0 N–H and O–H groups in total. The number of non-ortho nitro benzene ring substituents is 4. The van der Waals surface area contributed by atoms with E-state index in [0.29, 0.717) is 6.42 Å². The Kier molecular flexibility index (Phi) is 8.82. The largest absolute Gasteiger partial charge is 0.289 e. The average molecular weight is 530 g/mol. The lowest BCUT2D eigenvalue weighted by Gasteiger charge is -2.01. The van der Waals surface area contributed by atoms with E-state index in [2.05, 4.69) is 0 Å². The first kappa shape index (κ1) is 27.7. The van der Waals surface area contributed by atoms with Crippen LogP contribution in [0, 0.1) is 40.5 Å². The molecule has 4 aromatic rings. The van der Waals surface area contributed by atoms with Gasteiger partial charge >= 0.3 is 0 Å². The monoisotopic (exact) mass is 530 g/mol. The molecule has 196 valence electrons. The quantitative estimate of drug-likeness (QED) is 0.153. The minimum Gasteiger partial charge on any atom is -0.289 e. The van der Waals surface area contributed by atoms with Gasteiger partial charge in [-0.3, -0.25) is 45.3 Å². The smallest absolute Gasteiger partial charge is 0.269 e. The molecule has 0 aliphatic rings. The predicted molar refractivity (Wildman–Crippen MR) is 139 cm³/mol. The summed E-state index contributed by atoms with van der Waals surface area (Å²) < 4.78 is 0. The summed E-state index contributed by atoms with van der Waals surface area (Å²) >= 11 is 0. The number of ketones is 1. The molecule has 0 aliphatic carbocycles. The molecule has 0 spiro atoms. The number of hydrogen-bond acceptors (Lipinski definition) is 9. The Balaban J connectivity index is 0.000000216. The zero-order valence-corrected chi connectivity index (χ0v) is 19.9. The van der Waals surface area contributed by atoms with E-state index in [1.807, 2.05) is 0 Å². The van der Waals surface area contributed by atoms with Crippen LogP contribution in [0.15, 0.2) is 97.1 Å². The average Bonchev–Trinajstić information content (AvgIpc) is 2.93. The molecular weight excluding hydrogens is 512 g/mol. The maximum absolute atomic E-state index is 12.1. The summed E-state index contributed by atoms with van der Waals surface area (Å²) in [6, 6.07) is 22.8. The summed E-state index contributed by atoms with van der Waals surface area (Å²) in [4.78, 5) is 52.1. The highest BCUT2D eigenvalue weighted by atomic mass is 16.6. The first-order chi connectivity index (χ1) is 18.5. The molecule has 0 aliphatic heterocycles. The number of nitro benzene ring substituents is 4.